The molecule has 0 aromatic heterocycles. The van der Waals surface area contributed by atoms with Gasteiger partial charge in [-0.3, -0.25) is 14.5 Å². The van der Waals surface area contributed by atoms with Crippen LogP contribution in [0.5, 0.6) is 0 Å². The molecule has 122 valence electrons. The summed E-state index contributed by atoms with van der Waals surface area (Å²) in [4.78, 5) is 28.0. The number of rotatable bonds is 7. The van der Waals surface area contributed by atoms with Crippen molar-refractivity contribution in [1.29, 1.82) is 0 Å². The molecule has 5 nitrogen and oxygen atoms in total. The smallest absolute Gasteiger partial charge is 0.244 e. The molecule has 1 rings (SSSR count). The highest BCUT2D eigenvalue weighted by molar-refractivity contribution is 5.97. The van der Waals surface area contributed by atoms with Gasteiger partial charge in [0.2, 0.25) is 11.8 Å². The van der Waals surface area contributed by atoms with Gasteiger partial charge in [-0.05, 0) is 46.9 Å². The molecule has 0 aliphatic rings. The molecule has 2 amide bonds. The predicted molar refractivity (Wildman–Crippen MR) is 89.8 cm³/mol. The van der Waals surface area contributed by atoms with Crippen molar-refractivity contribution in [1.82, 2.24) is 10.2 Å². The van der Waals surface area contributed by atoms with Crippen LogP contribution in [0.25, 0.3) is 0 Å². The van der Waals surface area contributed by atoms with E-state index >= 15 is 0 Å². The highest BCUT2D eigenvalue weighted by Gasteiger charge is 2.25. The number of hydrogen-bond donors (Lipinski definition) is 1. The standard InChI is InChI=1S/C17H27N3O2/c1-6-20(15-10-8-7-9-11-15)17(22)14(4)19(5)12-16(21)18-13(2)3/h7-11,13-14H,6,12H2,1-5H3,(H,18,21)/t14-/m0/s1. The molecule has 0 spiro atoms. The summed E-state index contributed by atoms with van der Waals surface area (Å²) < 4.78 is 0. The van der Waals surface area contributed by atoms with Crippen molar-refractivity contribution in [2.24, 2.45) is 0 Å². The second-order valence-corrected chi connectivity index (χ2v) is 5.73. The molecule has 22 heavy (non-hydrogen) atoms. The number of para-hydroxylation sites is 1. The molecule has 0 heterocycles. The molecule has 0 aliphatic heterocycles. The van der Waals surface area contributed by atoms with Crippen molar-refractivity contribution in [3.8, 4) is 0 Å². The fourth-order valence-corrected chi connectivity index (χ4v) is 2.22. The largest absolute Gasteiger partial charge is 0.353 e. The lowest BCUT2D eigenvalue weighted by Gasteiger charge is -2.29. The maximum Gasteiger partial charge on any atom is 0.244 e. The van der Waals surface area contributed by atoms with Crippen molar-refractivity contribution < 1.29 is 9.59 Å². The summed E-state index contributed by atoms with van der Waals surface area (Å²) in [6.45, 7) is 8.41. The minimum atomic E-state index is -0.363. The number of carbonyl (C=O) groups excluding carboxylic acids is 2. The Morgan fingerprint density at radius 2 is 1.73 bits per heavy atom. The van der Waals surface area contributed by atoms with E-state index in [0.717, 1.165) is 5.69 Å². The van der Waals surface area contributed by atoms with Crippen LogP contribution in [0.15, 0.2) is 30.3 Å². The first kappa shape index (κ1) is 18.2. The molecule has 0 bridgehead atoms. The molecule has 0 saturated heterocycles. The van der Waals surface area contributed by atoms with Crippen molar-refractivity contribution in [3.05, 3.63) is 30.3 Å². The SMILES string of the molecule is CCN(C(=O)[C@H](C)N(C)CC(=O)NC(C)C)c1ccccc1. The van der Waals surface area contributed by atoms with Crippen LogP contribution in [-0.2, 0) is 9.59 Å². The maximum atomic E-state index is 12.7. The van der Waals surface area contributed by atoms with Crippen molar-refractivity contribution in [2.45, 2.75) is 39.8 Å². The summed E-state index contributed by atoms with van der Waals surface area (Å²) in [5.74, 6) is -0.0755. The van der Waals surface area contributed by atoms with Crippen LogP contribution in [0.1, 0.15) is 27.7 Å². The number of nitrogens with zero attached hydrogens (tertiary/aromatic N) is 2. The predicted octanol–water partition coefficient (Wildman–Crippen LogP) is 1.88. The van der Waals surface area contributed by atoms with E-state index in [4.69, 9.17) is 0 Å². The molecule has 1 atom stereocenters. The van der Waals surface area contributed by atoms with Gasteiger partial charge in [0, 0.05) is 18.3 Å². The van der Waals surface area contributed by atoms with Gasteiger partial charge in [-0.15, -0.1) is 0 Å². The van der Waals surface area contributed by atoms with Crippen LogP contribution < -0.4 is 10.2 Å². The molecule has 0 fully saturated rings. The number of likely N-dealkylation sites (N-methyl/N-ethyl adjacent to an activating group) is 2. The molecule has 0 saturated carbocycles. The fraction of sp³-hybridized carbons (Fsp3) is 0.529. The normalized spacial score (nSPS) is 12.3. The Morgan fingerprint density at radius 1 is 1.14 bits per heavy atom. The van der Waals surface area contributed by atoms with Crippen molar-refractivity contribution in [3.63, 3.8) is 0 Å². The summed E-state index contributed by atoms with van der Waals surface area (Å²) in [6, 6.07) is 9.32. The first-order valence-corrected chi connectivity index (χ1v) is 7.72. The Bertz CT molecular complexity index is 488. The van der Waals surface area contributed by atoms with E-state index in [9.17, 15) is 9.59 Å². The Kier molecular flexibility index (Phi) is 7.05. The van der Waals surface area contributed by atoms with E-state index in [0.29, 0.717) is 6.54 Å². The minimum Gasteiger partial charge on any atom is -0.353 e. The number of benzene rings is 1. The number of amides is 2. The van der Waals surface area contributed by atoms with Crippen LogP contribution in [-0.4, -0.2) is 48.9 Å². The topological polar surface area (TPSA) is 52.7 Å². The van der Waals surface area contributed by atoms with E-state index in [-0.39, 0.29) is 30.4 Å². The van der Waals surface area contributed by atoms with E-state index in [1.807, 2.05) is 58.0 Å². The Labute approximate surface area is 133 Å². The monoisotopic (exact) mass is 305 g/mol. The van der Waals surface area contributed by atoms with Gasteiger partial charge < -0.3 is 10.2 Å². The highest BCUT2D eigenvalue weighted by Crippen LogP contribution is 2.15. The van der Waals surface area contributed by atoms with E-state index < -0.39 is 0 Å². The van der Waals surface area contributed by atoms with Crippen molar-refractivity contribution in [2.75, 3.05) is 25.0 Å². The third-order valence-electron chi connectivity index (χ3n) is 3.51. The highest BCUT2D eigenvalue weighted by atomic mass is 16.2. The van der Waals surface area contributed by atoms with Gasteiger partial charge in [-0.1, -0.05) is 18.2 Å². The van der Waals surface area contributed by atoms with Crippen molar-refractivity contribution >= 4 is 17.5 Å². The van der Waals surface area contributed by atoms with Gasteiger partial charge in [0.05, 0.1) is 12.6 Å². The van der Waals surface area contributed by atoms with Gasteiger partial charge in [0.25, 0.3) is 0 Å². The third-order valence-corrected chi connectivity index (χ3v) is 3.51. The molecule has 0 unspecified atom stereocenters. The van der Waals surface area contributed by atoms with Crippen LogP contribution >= 0.6 is 0 Å². The van der Waals surface area contributed by atoms with E-state index in [2.05, 4.69) is 5.32 Å². The lowest BCUT2D eigenvalue weighted by atomic mass is 10.2. The molecule has 1 aromatic carbocycles. The summed E-state index contributed by atoms with van der Waals surface area (Å²) >= 11 is 0. The molecule has 1 N–H and O–H groups in total. The van der Waals surface area contributed by atoms with E-state index in [1.54, 1.807) is 16.8 Å². The summed E-state index contributed by atoms with van der Waals surface area (Å²) in [5, 5.41) is 2.84. The van der Waals surface area contributed by atoms with Crippen LogP contribution in [0.3, 0.4) is 0 Å². The van der Waals surface area contributed by atoms with Crippen LogP contribution in [0, 0.1) is 0 Å². The van der Waals surface area contributed by atoms with Crippen LogP contribution in [0.4, 0.5) is 5.69 Å². The number of nitrogens with one attached hydrogen (secondary N) is 1. The zero-order valence-electron chi connectivity index (χ0n) is 14.2. The zero-order chi connectivity index (χ0) is 16.7. The zero-order valence-corrected chi connectivity index (χ0v) is 14.2. The third kappa shape index (κ3) is 5.15. The van der Waals surface area contributed by atoms with Gasteiger partial charge in [-0.25, -0.2) is 0 Å². The fourth-order valence-electron chi connectivity index (χ4n) is 2.22. The molecular weight excluding hydrogens is 278 g/mol. The molecule has 0 radical (unpaired) electrons. The Morgan fingerprint density at radius 3 is 2.23 bits per heavy atom. The average Bonchev–Trinajstić information content (AvgIpc) is 2.47. The lowest BCUT2D eigenvalue weighted by molar-refractivity contribution is -0.126. The van der Waals surface area contributed by atoms with Gasteiger partial charge in [-0.2, -0.15) is 0 Å². The van der Waals surface area contributed by atoms with E-state index in [1.165, 1.54) is 0 Å². The molecular formula is C17H27N3O2. The van der Waals surface area contributed by atoms with Gasteiger partial charge in [0.1, 0.15) is 0 Å². The minimum absolute atomic E-state index is 0.00598. The molecule has 1 aromatic rings. The lowest BCUT2D eigenvalue weighted by Crippen LogP contribution is -2.49. The van der Waals surface area contributed by atoms with Crippen LogP contribution in [0.2, 0.25) is 0 Å². The summed E-state index contributed by atoms with van der Waals surface area (Å²) in [7, 11) is 1.79. The number of hydrogen-bond acceptors (Lipinski definition) is 3. The first-order valence-electron chi connectivity index (χ1n) is 7.72. The Hall–Kier alpha value is -1.88. The van der Waals surface area contributed by atoms with Gasteiger partial charge in [0.15, 0.2) is 0 Å². The first-order chi connectivity index (χ1) is 10.4. The quantitative estimate of drug-likeness (QED) is 0.837. The summed E-state index contributed by atoms with van der Waals surface area (Å²) in [5.41, 5.74) is 0.877. The summed E-state index contributed by atoms with van der Waals surface area (Å²) in [6.07, 6.45) is 0. The van der Waals surface area contributed by atoms with Gasteiger partial charge >= 0.3 is 0 Å². The number of carbonyl (C=O) groups is 2. The molecule has 0 aliphatic carbocycles. The second-order valence-electron chi connectivity index (χ2n) is 5.73. The average molecular weight is 305 g/mol. The second kappa shape index (κ2) is 8.54. The maximum absolute atomic E-state index is 12.7. The molecule has 5 heteroatoms. The number of anilines is 1. The Balaban J connectivity index is 2.72.